The Bertz CT molecular complexity index is 265. The number of rotatable bonds is 13. The lowest BCUT2D eigenvalue weighted by atomic mass is 10.3. The van der Waals surface area contributed by atoms with Crippen LogP contribution in [0.15, 0.2) is 0 Å². The second-order valence-electron chi connectivity index (χ2n) is 5.57. The van der Waals surface area contributed by atoms with Gasteiger partial charge >= 0.3 is 8.80 Å². The van der Waals surface area contributed by atoms with Crippen molar-refractivity contribution in [1.82, 2.24) is 0 Å². The van der Waals surface area contributed by atoms with E-state index in [1.54, 1.807) is 0 Å². The molecule has 1 aliphatic rings. The maximum Gasteiger partial charge on any atom is 0.531 e. The Balaban J connectivity index is 2.71. The zero-order valence-corrected chi connectivity index (χ0v) is 15.2. The van der Waals surface area contributed by atoms with Crippen LogP contribution < -0.4 is 0 Å². The molecule has 0 saturated carbocycles. The molecule has 3 unspecified atom stereocenters. The van der Waals surface area contributed by atoms with Crippen molar-refractivity contribution in [2.75, 3.05) is 26.4 Å². The Kier molecular flexibility index (Phi) is 9.00. The number of ether oxygens (including phenoxy) is 2. The summed E-state index contributed by atoms with van der Waals surface area (Å²) in [5.41, 5.74) is -0.172. The van der Waals surface area contributed by atoms with Crippen LogP contribution in [-0.4, -0.2) is 53.2 Å². The predicted molar refractivity (Wildman–Crippen MR) is 84.2 cm³/mol. The maximum absolute atomic E-state index is 6.23. The predicted octanol–water partition coefficient (Wildman–Crippen LogP) is 2.94. The monoisotopic (exact) mass is 320 g/mol. The zero-order valence-electron chi connectivity index (χ0n) is 14.2. The summed E-state index contributed by atoms with van der Waals surface area (Å²) in [6, 6.07) is 0. The molecule has 1 saturated heterocycles. The van der Waals surface area contributed by atoms with E-state index in [9.17, 15) is 0 Å². The van der Waals surface area contributed by atoms with Crippen molar-refractivity contribution in [2.24, 2.45) is 0 Å². The van der Waals surface area contributed by atoms with Gasteiger partial charge in [-0.05, 0) is 33.1 Å². The smallest absolute Gasteiger partial charge is 0.372 e. The molecular weight excluding hydrogens is 288 g/mol. The van der Waals surface area contributed by atoms with Gasteiger partial charge in [0.1, 0.15) is 11.8 Å². The molecule has 1 fully saturated rings. The lowest BCUT2D eigenvalue weighted by Gasteiger charge is -2.36. The van der Waals surface area contributed by atoms with Crippen LogP contribution in [0, 0.1) is 0 Å². The Labute approximate surface area is 130 Å². The van der Waals surface area contributed by atoms with Crippen molar-refractivity contribution < 1.29 is 22.8 Å². The van der Waals surface area contributed by atoms with Crippen molar-refractivity contribution in [3.8, 4) is 0 Å². The molecule has 6 heteroatoms. The van der Waals surface area contributed by atoms with Crippen molar-refractivity contribution in [2.45, 2.75) is 71.8 Å². The molecule has 0 aromatic carbocycles. The van der Waals surface area contributed by atoms with Crippen LogP contribution in [0.2, 0.25) is 0 Å². The van der Waals surface area contributed by atoms with Crippen LogP contribution in [-0.2, 0) is 22.8 Å². The Hall–Kier alpha value is 0.0169. The van der Waals surface area contributed by atoms with E-state index < -0.39 is 8.80 Å². The van der Waals surface area contributed by atoms with Gasteiger partial charge in [0.15, 0.2) is 0 Å². The highest BCUT2D eigenvalue weighted by Gasteiger charge is 2.50. The minimum Gasteiger partial charge on any atom is -0.372 e. The molecule has 3 atom stereocenters. The van der Waals surface area contributed by atoms with E-state index in [1.807, 2.05) is 6.92 Å². The SMILES string of the molecule is CCCO[Si](OCCC)(OC(C)CC)C(C)OCC1CO1. The summed E-state index contributed by atoms with van der Waals surface area (Å²) in [4.78, 5) is 0. The number of hydrogen-bond acceptors (Lipinski definition) is 5. The van der Waals surface area contributed by atoms with Gasteiger partial charge in [0.2, 0.25) is 0 Å². The molecule has 0 aromatic heterocycles. The first-order chi connectivity index (χ1) is 10.1. The van der Waals surface area contributed by atoms with E-state index in [-0.39, 0.29) is 17.9 Å². The van der Waals surface area contributed by atoms with Gasteiger partial charge in [0.25, 0.3) is 0 Å². The van der Waals surface area contributed by atoms with Crippen molar-refractivity contribution in [1.29, 1.82) is 0 Å². The Morgan fingerprint density at radius 1 is 1.10 bits per heavy atom. The van der Waals surface area contributed by atoms with Gasteiger partial charge < -0.3 is 22.8 Å². The quantitative estimate of drug-likeness (QED) is 0.386. The van der Waals surface area contributed by atoms with Gasteiger partial charge in [-0.2, -0.15) is 0 Å². The van der Waals surface area contributed by atoms with Gasteiger partial charge in [-0.3, -0.25) is 0 Å². The van der Waals surface area contributed by atoms with Crippen LogP contribution in [0.25, 0.3) is 0 Å². The molecule has 0 aliphatic carbocycles. The van der Waals surface area contributed by atoms with Crippen LogP contribution in [0.5, 0.6) is 0 Å². The molecule has 5 nitrogen and oxygen atoms in total. The normalized spacial score (nSPS) is 21.3. The minimum atomic E-state index is -2.84. The molecule has 0 spiro atoms. The molecule has 0 N–H and O–H groups in total. The molecule has 126 valence electrons. The fourth-order valence-corrected chi connectivity index (χ4v) is 4.70. The second-order valence-corrected chi connectivity index (χ2v) is 8.40. The second kappa shape index (κ2) is 9.92. The third kappa shape index (κ3) is 6.75. The summed E-state index contributed by atoms with van der Waals surface area (Å²) in [6.45, 7) is 13.0. The Morgan fingerprint density at radius 3 is 2.10 bits per heavy atom. The van der Waals surface area contributed by atoms with E-state index >= 15 is 0 Å². The average molecular weight is 321 g/mol. The fraction of sp³-hybridized carbons (Fsp3) is 1.00. The largest absolute Gasteiger partial charge is 0.531 e. The number of hydrogen-bond donors (Lipinski definition) is 0. The third-order valence-corrected chi connectivity index (χ3v) is 6.49. The molecule has 0 amide bonds. The highest BCUT2D eigenvalue weighted by atomic mass is 28.4. The first kappa shape index (κ1) is 19.1. The summed E-state index contributed by atoms with van der Waals surface area (Å²) in [5.74, 6) is 0. The molecule has 1 aliphatic heterocycles. The minimum absolute atomic E-state index is 0.105. The van der Waals surface area contributed by atoms with Crippen molar-refractivity contribution >= 4 is 8.80 Å². The lowest BCUT2D eigenvalue weighted by molar-refractivity contribution is -0.0282. The van der Waals surface area contributed by atoms with Gasteiger partial charge in [0, 0.05) is 19.3 Å². The number of epoxide rings is 1. The van der Waals surface area contributed by atoms with Crippen LogP contribution >= 0.6 is 0 Å². The van der Waals surface area contributed by atoms with Crippen LogP contribution in [0.3, 0.4) is 0 Å². The maximum atomic E-state index is 6.23. The molecular formula is C15H32O5Si. The lowest BCUT2D eigenvalue weighted by Crippen LogP contribution is -2.58. The summed E-state index contributed by atoms with van der Waals surface area (Å²) >= 11 is 0. The van der Waals surface area contributed by atoms with E-state index in [0.717, 1.165) is 25.9 Å². The summed E-state index contributed by atoms with van der Waals surface area (Å²) in [6.07, 6.45) is 3.14. The van der Waals surface area contributed by atoms with Gasteiger partial charge in [0.05, 0.1) is 13.2 Å². The average Bonchev–Trinajstić information content (AvgIpc) is 3.31. The van der Waals surface area contributed by atoms with Gasteiger partial charge in [-0.15, -0.1) is 0 Å². The first-order valence-electron chi connectivity index (χ1n) is 8.26. The van der Waals surface area contributed by atoms with Crippen molar-refractivity contribution in [3.05, 3.63) is 0 Å². The zero-order chi connectivity index (χ0) is 15.7. The topological polar surface area (TPSA) is 49.5 Å². The van der Waals surface area contributed by atoms with E-state index in [1.165, 1.54) is 0 Å². The molecule has 1 rings (SSSR count). The van der Waals surface area contributed by atoms with E-state index in [2.05, 4.69) is 27.7 Å². The van der Waals surface area contributed by atoms with Gasteiger partial charge in [-0.1, -0.05) is 20.8 Å². The molecule has 1 heterocycles. The highest BCUT2D eigenvalue weighted by molar-refractivity contribution is 6.62. The molecule has 0 radical (unpaired) electrons. The molecule has 0 bridgehead atoms. The summed E-state index contributed by atoms with van der Waals surface area (Å²) < 4.78 is 29.6. The standard InChI is InChI=1S/C15H32O5Si/c1-6-9-18-21(19-10-7-2,20-13(4)8-3)14(5)16-11-15-12-17-15/h13-15H,6-12H2,1-5H3. The van der Waals surface area contributed by atoms with Crippen LogP contribution in [0.4, 0.5) is 0 Å². The fourth-order valence-electron chi connectivity index (χ4n) is 1.81. The Morgan fingerprint density at radius 2 is 1.67 bits per heavy atom. The van der Waals surface area contributed by atoms with E-state index in [0.29, 0.717) is 19.8 Å². The van der Waals surface area contributed by atoms with Crippen molar-refractivity contribution in [3.63, 3.8) is 0 Å². The third-order valence-electron chi connectivity index (χ3n) is 3.39. The summed E-state index contributed by atoms with van der Waals surface area (Å²) in [5, 5.41) is 0. The molecule has 21 heavy (non-hydrogen) atoms. The van der Waals surface area contributed by atoms with Crippen LogP contribution in [0.1, 0.15) is 53.9 Å². The highest BCUT2D eigenvalue weighted by Crippen LogP contribution is 2.23. The molecule has 0 aromatic rings. The van der Waals surface area contributed by atoms with E-state index in [4.69, 9.17) is 22.8 Å². The first-order valence-corrected chi connectivity index (χ1v) is 10.1. The van der Waals surface area contributed by atoms with Gasteiger partial charge in [-0.25, -0.2) is 0 Å². The summed E-state index contributed by atoms with van der Waals surface area (Å²) in [7, 11) is -2.84.